The van der Waals surface area contributed by atoms with Crippen LogP contribution in [0.2, 0.25) is 0 Å². The monoisotopic (exact) mass is 619 g/mol. The van der Waals surface area contributed by atoms with E-state index in [9.17, 15) is 18.8 Å². The molecule has 1 N–H and O–H groups in total. The molecule has 2 amide bonds. The molecule has 2 aliphatic rings. The van der Waals surface area contributed by atoms with E-state index in [1.807, 2.05) is 19.1 Å². The van der Waals surface area contributed by atoms with Crippen LogP contribution in [-0.2, 0) is 22.8 Å². The van der Waals surface area contributed by atoms with E-state index < -0.39 is 12.7 Å². The van der Waals surface area contributed by atoms with Crippen molar-refractivity contribution in [1.82, 2.24) is 29.4 Å². The molecule has 41 heavy (non-hydrogen) atoms. The third kappa shape index (κ3) is 4.90. The number of nitrogens with zero attached hydrogens (tertiary/aromatic N) is 6. The Balaban J connectivity index is 1.31. The summed E-state index contributed by atoms with van der Waals surface area (Å²) >= 11 is 3.26. The van der Waals surface area contributed by atoms with Gasteiger partial charge in [-0.25, -0.2) is 19.3 Å². The molecule has 0 spiro atoms. The quantitative estimate of drug-likeness (QED) is 0.299. The Bertz CT molecular complexity index is 1720. The summed E-state index contributed by atoms with van der Waals surface area (Å²) in [5.41, 5.74) is 3.48. The maximum absolute atomic E-state index is 13.9. The van der Waals surface area contributed by atoms with Crippen molar-refractivity contribution in [2.45, 2.75) is 58.9 Å². The lowest BCUT2D eigenvalue weighted by Crippen LogP contribution is -2.46. The average Bonchev–Trinajstić information content (AvgIpc) is 3.29. The zero-order valence-corrected chi connectivity index (χ0v) is 24.3. The predicted octanol–water partition coefficient (Wildman–Crippen LogP) is 4.65. The summed E-state index contributed by atoms with van der Waals surface area (Å²) in [6.45, 7) is 4.73. The van der Waals surface area contributed by atoms with Crippen LogP contribution in [0.5, 0.6) is 0 Å². The van der Waals surface area contributed by atoms with Gasteiger partial charge in [-0.05, 0) is 71.3 Å². The number of hydrogen-bond acceptors (Lipinski definition) is 7. The number of carbonyl (C=O) groups excluding carboxylic acids is 3. The number of likely N-dealkylation sites (tertiary alicyclic amines) is 1. The Morgan fingerprint density at radius 3 is 2.56 bits per heavy atom. The number of rotatable bonds is 7. The molecule has 12 heteroatoms. The number of anilines is 1. The second-order valence-corrected chi connectivity index (χ2v) is 11.9. The van der Waals surface area contributed by atoms with E-state index in [4.69, 9.17) is 0 Å². The van der Waals surface area contributed by atoms with Gasteiger partial charge in [-0.1, -0.05) is 6.92 Å². The fourth-order valence-electron chi connectivity index (χ4n) is 6.00. The van der Waals surface area contributed by atoms with E-state index in [0.29, 0.717) is 33.4 Å². The first-order valence-corrected chi connectivity index (χ1v) is 14.0. The third-order valence-electron chi connectivity index (χ3n) is 8.09. The summed E-state index contributed by atoms with van der Waals surface area (Å²) in [5.74, 6) is -0.220. The van der Waals surface area contributed by atoms with Gasteiger partial charge < -0.3 is 14.8 Å². The van der Waals surface area contributed by atoms with Crippen molar-refractivity contribution < 1.29 is 18.8 Å². The van der Waals surface area contributed by atoms with Crippen molar-refractivity contribution in [3.63, 3.8) is 0 Å². The molecule has 3 atom stereocenters. The van der Waals surface area contributed by atoms with Crippen LogP contribution in [0.4, 0.5) is 10.2 Å². The van der Waals surface area contributed by atoms with Gasteiger partial charge in [-0.3, -0.25) is 19.4 Å². The van der Waals surface area contributed by atoms with Crippen LogP contribution >= 0.6 is 15.9 Å². The molecule has 1 aromatic carbocycles. The Hall–Kier alpha value is -4.06. The number of benzene rings is 1. The van der Waals surface area contributed by atoms with Crippen LogP contribution in [0.3, 0.4) is 0 Å². The number of halogens is 2. The first kappa shape index (κ1) is 27.1. The second kappa shape index (κ2) is 10.1. The Labute approximate surface area is 243 Å². The van der Waals surface area contributed by atoms with Gasteiger partial charge in [0.15, 0.2) is 17.4 Å². The number of ketones is 1. The summed E-state index contributed by atoms with van der Waals surface area (Å²) in [5, 5.41) is 3.50. The second-order valence-electron chi connectivity index (χ2n) is 11.0. The molecule has 3 aromatic heterocycles. The number of alkyl halides is 1. The van der Waals surface area contributed by atoms with Gasteiger partial charge in [-0.15, -0.1) is 0 Å². The Morgan fingerprint density at radius 1 is 1.12 bits per heavy atom. The van der Waals surface area contributed by atoms with Gasteiger partial charge in [0.05, 0.1) is 17.9 Å². The largest absolute Gasteiger partial charge is 0.337 e. The highest BCUT2D eigenvalue weighted by molar-refractivity contribution is 9.10. The Morgan fingerprint density at radius 2 is 1.88 bits per heavy atom. The highest BCUT2D eigenvalue weighted by Gasteiger charge is 2.64. The number of aromatic nitrogens is 5. The van der Waals surface area contributed by atoms with Gasteiger partial charge in [0.1, 0.15) is 23.9 Å². The number of nitrogens with one attached hydrogen (secondary N) is 1. The van der Waals surface area contributed by atoms with E-state index in [2.05, 4.69) is 48.1 Å². The standard InChI is InChI=1S/C29H27BrFN7O3/c1-15-4-17(18-9-33-24(8-31)34-10-18)5-19-20(16(2)39)13-37(27(15)19)14-26(40)38-21(6-29(3)7-22(29)38)28(41)36-25-12-32-11-23(30)35-25/h4-5,9-13,21-22H,6-8,14H2,1-3H3,(H,35,36,41)/t21-,22+,29-/m0/s1. The first-order chi connectivity index (χ1) is 19.6. The van der Waals surface area contributed by atoms with Gasteiger partial charge in [0, 0.05) is 41.1 Å². The van der Waals surface area contributed by atoms with Crippen molar-refractivity contribution in [3.8, 4) is 11.1 Å². The molecule has 1 saturated carbocycles. The number of aryl methyl sites for hydroxylation is 1. The molecule has 2 fully saturated rings. The van der Waals surface area contributed by atoms with Gasteiger partial charge in [-0.2, -0.15) is 0 Å². The molecule has 0 unspecified atom stereocenters. The lowest BCUT2D eigenvalue weighted by Gasteiger charge is -2.27. The van der Waals surface area contributed by atoms with Crippen LogP contribution in [0.15, 0.2) is 47.7 Å². The fraction of sp³-hybridized carbons (Fsp3) is 0.345. The van der Waals surface area contributed by atoms with Crippen molar-refractivity contribution >= 4 is 50.2 Å². The minimum Gasteiger partial charge on any atom is -0.337 e. The first-order valence-electron chi connectivity index (χ1n) is 13.2. The summed E-state index contributed by atoms with van der Waals surface area (Å²) < 4.78 is 15.2. The zero-order chi connectivity index (χ0) is 29.1. The maximum Gasteiger partial charge on any atom is 0.248 e. The molecule has 1 aliphatic heterocycles. The number of fused-ring (bicyclic) bond motifs is 2. The molecule has 210 valence electrons. The smallest absolute Gasteiger partial charge is 0.248 e. The molecule has 4 aromatic rings. The summed E-state index contributed by atoms with van der Waals surface area (Å²) in [4.78, 5) is 57.9. The molecule has 1 aliphatic carbocycles. The molecule has 6 rings (SSSR count). The van der Waals surface area contributed by atoms with Crippen molar-refractivity contribution in [2.75, 3.05) is 5.32 Å². The lowest BCUT2D eigenvalue weighted by molar-refractivity contribution is -0.138. The highest BCUT2D eigenvalue weighted by atomic mass is 79.9. The minimum absolute atomic E-state index is 0.0200. The molecule has 4 heterocycles. The van der Waals surface area contributed by atoms with Crippen LogP contribution in [-0.4, -0.2) is 59.1 Å². The normalized spacial score (nSPS) is 21.1. The average molecular weight is 620 g/mol. The van der Waals surface area contributed by atoms with Crippen LogP contribution in [0.1, 0.15) is 48.4 Å². The molecule has 1 saturated heterocycles. The number of hydrogen-bond donors (Lipinski definition) is 1. The molecule has 0 radical (unpaired) electrons. The van der Waals surface area contributed by atoms with Crippen LogP contribution in [0, 0.1) is 12.3 Å². The van der Waals surface area contributed by atoms with Crippen molar-refractivity contribution in [2.24, 2.45) is 5.41 Å². The summed E-state index contributed by atoms with van der Waals surface area (Å²) in [6, 6.07) is 3.15. The zero-order valence-electron chi connectivity index (χ0n) is 22.7. The van der Waals surface area contributed by atoms with E-state index in [0.717, 1.165) is 23.1 Å². The maximum atomic E-state index is 13.9. The SMILES string of the molecule is CC(=O)c1cn(CC(=O)N2[C@H](C(=O)Nc3cncc(Br)n3)C[C@@]3(C)C[C@@H]23)c2c(C)cc(-c3cnc(CF)nc3)cc12. The number of piperidine rings is 1. The van der Waals surface area contributed by atoms with Crippen LogP contribution in [0.25, 0.3) is 22.0 Å². The predicted molar refractivity (Wildman–Crippen MR) is 153 cm³/mol. The van der Waals surface area contributed by atoms with Crippen molar-refractivity contribution in [3.05, 3.63) is 64.7 Å². The number of Topliss-reactive ketones (excluding diaryl/α,β-unsaturated/α-hetero) is 1. The summed E-state index contributed by atoms with van der Waals surface area (Å²) in [7, 11) is 0. The van der Waals surface area contributed by atoms with Gasteiger partial charge in [0.2, 0.25) is 11.8 Å². The van der Waals surface area contributed by atoms with E-state index in [1.165, 1.54) is 19.3 Å². The molecule has 10 nitrogen and oxygen atoms in total. The summed E-state index contributed by atoms with van der Waals surface area (Å²) in [6.07, 6.45) is 9.21. The van der Waals surface area contributed by atoms with Crippen LogP contribution < -0.4 is 5.32 Å². The number of carbonyl (C=O) groups is 3. The van der Waals surface area contributed by atoms with E-state index >= 15 is 0 Å². The van der Waals surface area contributed by atoms with E-state index in [1.54, 1.807) is 28.1 Å². The third-order valence-corrected chi connectivity index (χ3v) is 8.47. The Kier molecular flexibility index (Phi) is 6.68. The van der Waals surface area contributed by atoms with E-state index in [-0.39, 0.29) is 41.4 Å². The molecule has 0 bridgehead atoms. The van der Waals surface area contributed by atoms with Crippen molar-refractivity contribution in [1.29, 1.82) is 0 Å². The fourth-order valence-corrected chi connectivity index (χ4v) is 6.31. The van der Waals surface area contributed by atoms with Gasteiger partial charge in [0.25, 0.3) is 0 Å². The van der Waals surface area contributed by atoms with Gasteiger partial charge >= 0.3 is 0 Å². The highest BCUT2D eigenvalue weighted by Crippen LogP contribution is 2.59. The number of amides is 2. The topological polar surface area (TPSA) is 123 Å². The molecular formula is C29H27BrFN7O3. The minimum atomic E-state index is -0.749. The lowest BCUT2D eigenvalue weighted by atomic mass is 10.0. The molecular weight excluding hydrogens is 593 g/mol.